The summed E-state index contributed by atoms with van der Waals surface area (Å²) in [6.07, 6.45) is 7.65. The van der Waals surface area contributed by atoms with Crippen LogP contribution in [0.15, 0.2) is 23.7 Å². The Labute approximate surface area is 91.4 Å². The van der Waals surface area contributed by atoms with Crippen LogP contribution in [0.2, 0.25) is 0 Å². The zero-order valence-electron chi connectivity index (χ0n) is 7.88. The van der Waals surface area contributed by atoms with Gasteiger partial charge >= 0.3 is 0 Å². The molecule has 15 heavy (non-hydrogen) atoms. The molecule has 0 N–H and O–H groups in total. The Morgan fingerprint density at radius 1 is 1.67 bits per heavy atom. The summed E-state index contributed by atoms with van der Waals surface area (Å²) in [4.78, 5) is 11.8. The van der Waals surface area contributed by atoms with Gasteiger partial charge in [-0.2, -0.15) is 5.10 Å². The second-order valence-corrected chi connectivity index (χ2v) is 3.88. The number of carbonyl (C=O) groups excluding carboxylic acids is 1. The van der Waals surface area contributed by atoms with Gasteiger partial charge in [0, 0.05) is 6.20 Å². The molecule has 2 heterocycles. The van der Waals surface area contributed by atoms with Crippen LogP contribution in [0, 0.1) is 12.3 Å². The smallest absolute Gasteiger partial charge is 0.153 e. The minimum atomic E-state index is 0.381. The van der Waals surface area contributed by atoms with Crippen LogP contribution in [0.5, 0.6) is 0 Å². The molecule has 0 aliphatic rings. The fraction of sp³-hybridized carbons (Fsp3) is 0.0909. The SMILES string of the molecule is C#CCn1cc(C=O)c(-c2cccs2)n1. The van der Waals surface area contributed by atoms with Gasteiger partial charge in [-0.1, -0.05) is 12.0 Å². The van der Waals surface area contributed by atoms with Crippen LogP contribution in [0.4, 0.5) is 0 Å². The number of aromatic nitrogens is 2. The third-order valence-electron chi connectivity index (χ3n) is 1.92. The van der Waals surface area contributed by atoms with Crippen LogP contribution in [-0.4, -0.2) is 16.1 Å². The first-order chi connectivity index (χ1) is 7.35. The molecular formula is C11H8N2OS. The maximum Gasteiger partial charge on any atom is 0.153 e. The summed E-state index contributed by atoms with van der Waals surface area (Å²) in [5.74, 6) is 2.48. The predicted octanol–water partition coefficient (Wildman–Crippen LogP) is 2.06. The maximum atomic E-state index is 10.8. The highest BCUT2D eigenvalue weighted by Crippen LogP contribution is 2.25. The lowest BCUT2D eigenvalue weighted by molar-refractivity contribution is 0.112. The standard InChI is InChI=1S/C11H8N2OS/c1-2-5-13-7-9(8-14)11(12-13)10-4-3-6-15-10/h1,3-4,6-8H,5H2. The molecule has 0 amide bonds. The van der Waals surface area contributed by atoms with Gasteiger partial charge in [0.2, 0.25) is 0 Å². The molecule has 0 unspecified atom stereocenters. The van der Waals surface area contributed by atoms with Gasteiger partial charge in [0.15, 0.2) is 6.29 Å². The molecule has 74 valence electrons. The van der Waals surface area contributed by atoms with Gasteiger partial charge in [0.25, 0.3) is 0 Å². The minimum Gasteiger partial charge on any atom is -0.298 e. The molecule has 2 rings (SSSR count). The van der Waals surface area contributed by atoms with Crippen molar-refractivity contribution in [3.63, 3.8) is 0 Å². The summed E-state index contributed by atoms with van der Waals surface area (Å²) >= 11 is 1.55. The fourth-order valence-electron chi connectivity index (χ4n) is 1.30. The topological polar surface area (TPSA) is 34.9 Å². The number of aldehydes is 1. The van der Waals surface area contributed by atoms with Crippen molar-refractivity contribution in [2.45, 2.75) is 6.54 Å². The van der Waals surface area contributed by atoms with Crippen molar-refractivity contribution in [1.82, 2.24) is 9.78 Å². The highest BCUT2D eigenvalue weighted by atomic mass is 32.1. The molecule has 0 radical (unpaired) electrons. The first-order valence-electron chi connectivity index (χ1n) is 4.35. The van der Waals surface area contributed by atoms with E-state index in [1.807, 2.05) is 17.5 Å². The van der Waals surface area contributed by atoms with Crippen LogP contribution in [0.3, 0.4) is 0 Å². The van der Waals surface area contributed by atoms with Crippen molar-refractivity contribution in [3.8, 4) is 22.9 Å². The quantitative estimate of drug-likeness (QED) is 0.581. The third-order valence-corrected chi connectivity index (χ3v) is 2.80. The van der Waals surface area contributed by atoms with E-state index in [1.54, 1.807) is 22.2 Å². The van der Waals surface area contributed by atoms with Gasteiger partial charge in [-0.25, -0.2) is 0 Å². The average molecular weight is 216 g/mol. The van der Waals surface area contributed by atoms with Gasteiger partial charge in [0.05, 0.1) is 10.4 Å². The van der Waals surface area contributed by atoms with Crippen molar-refractivity contribution in [2.24, 2.45) is 0 Å². The summed E-state index contributed by atoms with van der Waals surface area (Å²) in [5.41, 5.74) is 1.28. The van der Waals surface area contributed by atoms with E-state index in [4.69, 9.17) is 6.42 Å². The Balaban J connectivity index is 2.47. The van der Waals surface area contributed by atoms with Gasteiger partial charge < -0.3 is 0 Å². The summed E-state index contributed by atoms with van der Waals surface area (Å²) in [6.45, 7) is 0.381. The van der Waals surface area contributed by atoms with Crippen molar-refractivity contribution >= 4 is 17.6 Å². The van der Waals surface area contributed by atoms with Crippen molar-refractivity contribution in [2.75, 3.05) is 0 Å². The van der Waals surface area contributed by atoms with Crippen LogP contribution in [-0.2, 0) is 6.54 Å². The van der Waals surface area contributed by atoms with Gasteiger partial charge in [-0.05, 0) is 11.4 Å². The number of rotatable bonds is 3. The Hall–Kier alpha value is -1.86. The fourth-order valence-corrected chi connectivity index (χ4v) is 2.03. The van der Waals surface area contributed by atoms with Gasteiger partial charge in [0.1, 0.15) is 12.2 Å². The molecule has 0 saturated carbocycles. The lowest BCUT2D eigenvalue weighted by Gasteiger charge is -1.91. The van der Waals surface area contributed by atoms with Crippen LogP contribution < -0.4 is 0 Å². The van der Waals surface area contributed by atoms with Crippen molar-refractivity contribution < 1.29 is 4.79 Å². The van der Waals surface area contributed by atoms with E-state index >= 15 is 0 Å². The van der Waals surface area contributed by atoms with Gasteiger partial charge in [-0.3, -0.25) is 9.48 Å². The Kier molecular flexibility index (Phi) is 2.66. The van der Waals surface area contributed by atoms with Crippen LogP contribution in [0.1, 0.15) is 10.4 Å². The number of hydrogen-bond acceptors (Lipinski definition) is 3. The van der Waals surface area contributed by atoms with E-state index in [0.29, 0.717) is 17.8 Å². The van der Waals surface area contributed by atoms with Crippen LogP contribution in [0.25, 0.3) is 10.6 Å². The molecule has 0 atom stereocenters. The number of nitrogens with zero attached hydrogens (tertiary/aromatic N) is 2. The molecule has 0 fully saturated rings. The molecule has 2 aromatic rings. The van der Waals surface area contributed by atoms with E-state index in [2.05, 4.69) is 11.0 Å². The lowest BCUT2D eigenvalue weighted by atomic mass is 10.2. The second-order valence-electron chi connectivity index (χ2n) is 2.93. The van der Waals surface area contributed by atoms with Crippen molar-refractivity contribution in [1.29, 1.82) is 0 Å². The van der Waals surface area contributed by atoms with E-state index < -0.39 is 0 Å². The summed E-state index contributed by atoms with van der Waals surface area (Å²) < 4.78 is 1.60. The minimum absolute atomic E-state index is 0.381. The number of thiophene rings is 1. The summed E-state index contributed by atoms with van der Waals surface area (Å²) in [7, 11) is 0. The average Bonchev–Trinajstić information content (AvgIpc) is 2.84. The first kappa shape index (κ1) is 9.69. The molecule has 0 aromatic carbocycles. The predicted molar refractivity (Wildman–Crippen MR) is 59.8 cm³/mol. The molecule has 4 heteroatoms. The molecule has 0 spiro atoms. The molecule has 0 aliphatic carbocycles. The van der Waals surface area contributed by atoms with Gasteiger partial charge in [-0.15, -0.1) is 17.8 Å². The number of carbonyl (C=O) groups is 1. The second kappa shape index (κ2) is 4.11. The number of hydrogen-bond donors (Lipinski definition) is 0. The largest absolute Gasteiger partial charge is 0.298 e. The molecule has 0 aliphatic heterocycles. The summed E-state index contributed by atoms with van der Waals surface area (Å²) in [5, 5.41) is 6.22. The van der Waals surface area contributed by atoms with E-state index in [1.165, 1.54) is 0 Å². The molecule has 0 saturated heterocycles. The Morgan fingerprint density at radius 2 is 2.53 bits per heavy atom. The zero-order chi connectivity index (χ0) is 10.7. The summed E-state index contributed by atoms with van der Waals surface area (Å²) in [6, 6.07) is 3.86. The maximum absolute atomic E-state index is 10.8. The third kappa shape index (κ3) is 1.83. The van der Waals surface area contributed by atoms with E-state index in [0.717, 1.165) is 11.2 Å². The Bertz CT molecular complexity index is 505. The zero-order valence-corrected chi connectivity index (χ0v) is 8.70. The molecule has 3 nitrogen and oxygen atoms in total. The highest BCUT2D eigenvalue weighted by molar-refractivity contribution is 7.13. The number of terminal acetylenes is 1. The molecule has 0 bridgehead atoms. The normalized spacial score (nSPS) is 9.80. The monoisotopic (exact) mass is 216 g/mol. The van der Waals surface area contributed by atoms with E-state index in [9.17, 15) is 4.79 Å². The van der Waals surface area contributed by atoms with E-state index in [-0.39, 0.29) is 0 Å². The first-order valence-corrected chi connectivity index (χ1v) is 5.23. The van der Waals surface area contributed by atoms with Crippen LogP contribution >= 0.6 is 11.3 Å². The highest BCUT2D eigenvalue weighted by Gasteiger charge is 2.10. The lowest BCUT2D eigenvalue weighted by Crippen LogP contribution is -1.95. The molecule has 2 aromatic heterocycles. The van der Waals surface area contributed by atoms with Crippen molar-refractivity contribution in [3.05, 3.63) is 29.3 Å². The Morgan fingerprint density at radius 3 is 3.13 bits per heavy atom. The molecular weight excluding hydrogens is 208 g/mol.